The van der Waals surface area contributed by atoms with Gasteiger partial charge in [0.15, 0.2) is 0 Å². The van der Waals surface area contributed by atoms with Gasteiger partial charge in [0.2, 0.25) is 10.0 Å². The third-order valence-electron chi connectivity index (χ3n) is 2.53. The van der Waals surface area contributed by atoms with Gasteiger partial charge >= 0.3 is 0 Å². The van der Waals surface area contributed by atoms with Gasteiger partial charge in [-0.1, -0.05) is 6.92 Å². The Morgan fingerprint density at radius 2 is 2.06 bits per heavy atom. The summed E-state index contributed by atoms with van der Waals surface area (Å²) >= 11 is 0. The predicted molar refractivity (Wildman–Crippen MR) is 71.6 cm³/mol. The molecule has 0 aromatic heterocycles. The minimum absolute atomic E-state index is 0.0141. The standard InChI is InChI=1S/C11H19N3O3S/c1-8(2-3-15)7-14-10-4-9(12)5-11(6-10)18(13,16)17/h4-6,8,14-15H,2-3,7,12H2,1H3,(H2,13,16,17). The summed E-state index contributed by atoms with van der Waals surface area (Å²) < 4.78 is 22.5. The van der Waals surface area contributed by atoms with E-state index in [1.807, 2.05) is 6.92 Å². The van der Waals surface area contributed by atoms with Crippen LogP contribution in [0.2, 0.25) is 0 Å². The van der Waals surface area contributed by atoms with Crippen molar-refractivity contribution in [2.24, 2.45) is 11.1 Å². The van der Waals surface area contributed by atoms with Crippen molar-refractivity contribution >= 4 is 21.4 Å². The van der Waals surface area contributed by atoms with E-state index in [1.165, 1.54) is 12.1 Å². The molecular formula is C11H19N3O3S. The maximum absolute atomic E-state index is 11.2. The first-order valence-electron chi connectivity index (χ1n) is 5.61. The van der Waals surface area contributed by atoms with E-state index in [-0.39, 0.29) is 17.4 Å². The number of sulfonamides is 1. The van der Waals surface area contributed by atoms with E-state index in [0.717, 1.165) is 0 Å². The Morgan fingerprint density at radius 3 is 2.61 bits per heavy atom. The zero-order chi connectivity index (χ0) is 13.8. The van der Waals surface area contributed by atoms with Crippen LogP contribution < -0.4 is 16.2 Å². The highest BCUT2D eigenvalue weighted by atomic mass is 32.2. The highest BCUT2D eigenvalue weighted by Crippen LogP contribution is 2.20. The number of anilines is 2. The van der Waals surface area contributed by atoms with E-state index in [1.54, 1.807) is 6.07 Å². The molecule has 0 aliphatic heterocycles. The second-order valence-electron chi connectivity index (χ2n) is 4.33. The Bertz CT molecular complexity index is 502. The average Bonchev–Trinajstić information content (AvgIpc) is 2.25. The molecule has 7 heteroatoms. The van der Waals surface area contributed by atoms with Gasteiger partial charge in [0.1, 0.15) is 0 Å². The molecule has 1 rings (SSSR count). The molecule has 0 bridgehead atoms. The minimum Gasteiger partial charge on any atom is -0.399 e. The van der Waals surface area contributed by atoms with Gasteiger partial charge in [-0.2, -0.15) is 0 Å². The van der Waals surface area contributed by atoms with Gasteiger partial charge in [-0.3, -0.25) is 0 Å². The van der Waals surface area contributed by atoms with E-state index in [4.69, 9.17) is 16.0 Å². The molecule has 0 amide bonds. The normalized spacial score (nSPS) is 13.3. The fourth-order valence-corrected chi connectivity index (χ4v) is 2.09. The Balaban J connectivity index is 2.81. The Hall–Kier alpha value is -1.31. The molecule has 1 atom stereocenters. The molecule has 0 saturated carbocycles. The molecule has 102 valence electrons. The minimum atomic E-state index is -3.76. The lowest BCUT2D eigenvalue weighted by Gasteiger charge is -2.13. The number of hydrogen-bond acceptors (Lipinski definition) is 5. The van der Waals surface area contributed by atoms with Crippen LogP contribution in [0.1, 0.15) is 13.3 Å². The first-order chi connectivity index (χ1) is 8.32. The van der Waals surface area contributed by atoms with Crippen LogP contribution in [0, 0.1) is 5.92 Å². The summed E-state index contributed by atoms with van der Waals surface area (Å²) in [5, 5.41) is 16.9. The van der Waals surface area contributed by atoms with Crippen LogP contribution in [-0.4, -0.2) is 26.7 Å². The summed E-state index contributed by atoms with van der Waals surface area (Å²) in [5.74, 6) is 0.273. The smallest absolute Gasteiger partial charge is 0.238 e. The van der Waals surface area contributed by atoms with Gasteiger partial charge in [-0.25, -0.2) is 13.6 Å². The van der Waals surface area contributed by atoms with Crippen molar-refractivity contribution in [3.05, 3.63) is 18.2 Å². The van der Waals surface area contributed by atoms with Crippen LogP contribution >= 0.6 is 0 Å². The number of benzene rings is 1. The van der Waals surface area contributed by atoms with Crippen molar-refractivity contribution in [1.82, 2.24) is 0 Å². The summed E-state index contributed by atoms with van der Waals surface area (Å²) in [7, 11) is -3.76. The lowest BCUT2D eigenvalue weighted by molar-refractivity contribution is 0.266. The Kier molecular flexibility index (Phi) is 4.94. The fourth-order valence-electron chi connectivity index (χ4n) is 1.50. The second kappa shape index (κ2) is 6.03. The van der Waals surface area contributed by atoms with Gasteiger partial charge in [-0.15, -0.1) is 0 Å². The number of nitrogens with two attached hydrogens (primary N) is 2. The van der Waals surface area contributed by atoms with Crippen molar-refractivity contribution in [3.8, 4) is 0 Å². The molecule has 1 aromatic rings. The first kappa shape index (κ1) is 14.7. The van der Waals surface area contributed by atoms with Crippen molar-refractivity contribution in [2.45, 2.75) is 18.2 Å². The molecule has 18 heavy (non-hydrogen) atoms. The SMILES string of the molecule is CC(CCO)CNc1cc(N)cc(S(N)(=O)=O)c1. The molecule has 6 N–H and O–H groups in total. The summed E-state index contributed by atoms with van der Waals surface area (Å²) in [6, 6.07) is 4.40. The van der Waals surface area contributed by atoms with E-state index in [0.29, 0.717) is 24.3 Å². The number of hydrogen-bond donors (Lipinski definition) is 4. The zero-order valence-electron chi connectivity index (χ0n) is 10.3. The summed E-state index contributed by atoms with van der Waals surface area (Å²) in [6.07, 6.45) is 0.678. The Morgan fingerprint density at radius 1 is 1.39 bits per heavy atom. The molecular weight excluding hydrogens is 254 g/mol. The predicted octanol–water partition coefficient (Wildman–Crippen LogP) is 0.347. The van der Waals surface area contributed by atoms with Crippen LogP contribution in [-0.2, 0) is 10.0 Å². The number of primary sulfonamides is 1. The van der Waals surface area contributed by atoms with Gasteiger partial charge in [0.25, 0.3) is 0 Å². The van der Waals surface area contributed by atoms with Crippen LogP contribution in [0.15, 0.2) is 23.1 Å². The zero-order valence-corrected chi connectivity index (χ0v) is 11.1. The van der Waals surface area contributed by atoms with Crippen LogP contribution in [0.5, 0.6) is 0 Å². The van der Waals surface area contributed by atoms with E-state index in [9.17, 15) is 8.42 Å². The summed E-state index contributed by atoms with van der Waals surface area (Å²) in [6.45, 7) is 2.73. The van der Waals surface area contributed by atoms with E-state index in [2.05, 4.69) is 5.32 Å². The van der Waals surface area contributed by atoms with Gasteiger partial charge in [0.05, 0.1) is 4.90 Å². The van der Waals surface area contributed by atoms with E-state index < -0.39 is 10.0 Å². The highest BCUT2D eigenvalue weighted by Gasteiger charge is 2.10. The summed E-state index contributed by atoms with van der Waals surface area (Å²) in [5.41, 5.74) is 6.55. The largest absolute Gasteiger partial charge is 0.399 e. The number of nitrogens with one attached hydrogen (secondary N) is 1. The first-order valence-corrected chi connectivity index (χ1v) is 7.15. The van der Waals surface area contributed by atoms with Crippen molar-refractivity contribution in [2.75, 3.05) is 24.2 Å². The highest BCUT2D eigenvalue weighted by molar-refractivity contribution is 7.89. The molecule has 0 fully saturated rings. The second-order valence-corrected chi connectivity index (χ2v) is 5.90. The van der Waals surface area contributed by atoms with Crippen molar-refractivity contribution < 1.29 is 13.5 Å². The third kappa shape index (κ3) is 4.52. The van der Waals surface area contributed by atoms with Crippen LogP contribution in [0.4, 0.5) is 11.4 Å². The quantitative estimate of drug-likeness (QED) is 0.558. The maximum atomic E-state index is 11.2. The number of aliphatic hydroxyl groups excluding tert-OH is 1. The molecule has 1 aromatic carbocycles. The van der Waals surface area contributed by atoms with Crippen molar-refractivity contribution in [3.63, 3.8) is 0 Å². The topological polar surface area (TPSA) is 118 Å². The molecule has 1 unspecified atom stereocenters. The molecule has 0 aliphatic rings. The van der Waals surface area contributed by atoms with Crippen molar-refractivity contribution in [1.29, 1.82) is 0 Å². The molecule has 0 spiro atoms. The maximum Gasteiger partial charge on any atom is 0.238 e. The average molecular weight is 273 g/mol. The fraction of sp³-hybridized carbons (Fsp3) is 0.455. The molecule has 0 heterocycles. The number of aliphatic hydroxyl groups is 1. The molecule has 0 aliphatic carbocycles. The number of nitrogen functional groups attached to an aromatic ring is 1. The van der Waals surface area contributed by atoms with Gasteiger partial charge in [0, 0.05) is 24.5 Å². The molecule has 0 saturated heterocycles. The van der Waals surface area contributed by atoms with E-state index >= 15 is 0 Å². The monoisotopic (exact) mass is 273 g/mol. The number of rotatable bonds is 6. The lowest BCUT2D eigenvalue weighted by atomic mass is 10.1. The molecule has 0 radical (unpaired) electrons. The summed E-state index contributed by atoms with van der Waals surface area (Å²) in [4.78, 5) is -0.0141. The van der Waals surface area contributed by atoms with Crippen LogP contribution in [0.25, 0.3) is 0 Å². The molecule has 6 nitrogen and oxygen atoms in total. The van der Waals surface area contributed by atoms with Crippen LogP contribution in [0.3, 0.4) is 0 Å². The van der Waals surface area contributed by atoms with Gasteiger partial charge in [-0.05, 0) is 30.5 Å². The Labute approximate surface area is 107 Å². The lowest BCUT2D eigenvalue weighted by Crippen LogP contribution is -2.15. The van der Waals surface area contributed by atoms with Gasteiger partial charge < -0.3 is 16.2 Å². The third-order valence-corrected chi connectivity index (χ3v) is 3.43.